The monoisotopic (exact) mass is 901 g/mol. The quantitative estimate of drug-likeness (QED) is 0.171. The van der Waals surface area contributed by atoms with Crippen LogP contribution in [-0.2, 0) is 0 Å². The molecular formula is C66H108. The molecule has 0 heteroatoms. The molecule has 0 heterocycles. The molecule has 66 heavy (non-hydrogen) atoms. The van der Waals surface area contributed by atoms with Crippen molar-refractivity contribution in [3.8, 4) is 0 Å². The molecule has 0 aromatic carbocycles. The third kappa shape index (κ3) is 15.2. The third-order valence-corrected chi connectivity index (χ3v) is 19.1. The first-order chi connectivity index (χ1) is 31.5. The van der Waals surface area contributed by atoms with Gasteiger partial charge in [0.1, 0.15) is 0 Å². The number of fused-ring (bicyclic) bond motifs is 12. The predicted molar refractivity (Wildman–Crippen MR) is 290 cm³/mol. The van der Waals surface area contributed by atoms with Crippen molar-refractivity contribution in [3.05, 3.63) is 72.9 Å². The molecule has 0 N–H and O–H groups in total. The van der Waals surface area contributed by atoms with Crippen molar-refractivity contribution >= 4 is 0 Å². The third-order valence-electron chi connectivity index (χ3n) is 19.1. The van der Waals surface area contributed by atoms with E-state index in [-0.39, 0.29) is 0 Å². The van der Waals surface area contributed by atoms with Crippen LogP contribution in [0.3, 0.4) is 0 Å². The van der Waals surface area contributed by atoms with Crippen molar-refractivity contribution in [1.29, 1.82) is 0 Å². The zero-order chi connectivity index (χ0) is 47.1. The molecular weight excluding hydrogens is 793 g/mol. The number of allylic oxidation sites excluding steroid dienone is 12. The summed E-state index contributed by atoms with van der Waals surface area (Å²) < 4.78 is 0. The van der Waals surface area contributed by atoms with E-state index in [1.54, 1.807) is 0 Å². The molecule has 0 amide bonds. The normalized spacial score (nSPS) is 40.8. The van der Waals surface area contributed by atoms with Gasteiger partial charge in [0, 0.05) is 0 Å². The Morgan fingerprint density at radius 3 is 0.424 bits per heavy atom. The van der Waals surface area contributed by atoms with Gasteiger partial charge in [0.15, 0.2) is 0 Å². The van der Waals surface area contributed by atoms with Gasteiger partial charge in [-0.1, -0.05) is 156 Å². The molecule has 0 spiro atoms. The summed E-state index contributed by atoms with van der Waals surface area (Å²) in [4.78, 5) is 0. The van der Waals surface area contributed by atoms with Crippen LogP contribution in [0.5, 0.6) is 0 Å². The average molecular weight is 902 g/mol. The topological polar surface area (TPSA) is 0 Å². The first-order valence-corrected chi connectivity index (χ1v) is 29.6. The van der Waals surface area contributed by atoms with Crippen molar-refractivity contribution in [3.63, 3.8) is 0 Å². The maximum absolute atomic E-state index is 2.46. The Morgan fingerprint density at radius 2 is 0.348 bits per heavy atom. The average Bonchev–Trinajstić information content (AvgIpc) is 4.10. The second-order valence-corrected chi connectivity index (χ2v) is 28.0. The molecule has 6 fully saturated rings. The van der Waals surface area contributed by atoms with Gasteiger partial charge in [-0.25, -0.2) is 0 Å². The highest BCUT2D eigenvalue weighted by atomic mass is 14.4. The van der Waals surface area contributed by atoms with Crippen LogP contribution in [0.4, 0.5) is 0 Å². The van der Waals surface area contributed by atoms with Crippen LogP contribution in [0.2, 0.25) is 0 Å². The van der Waals surface area contributed by atoms with Crippen molar-refractivity contribution in [2.24, 2.45) is 142 Å². The summed E-state index contributed by atoms with van der Waals surface area (Å²) in [5.74, 6) is 23.1. The van der Waals surface area contributed by atoms with Crippen LogP contribution in [0.1, 0.15) is 199 Å². The summed E-state index contributed by atoms with van der Waals surface area (Å²) >= 11 is 0. The SMILES string of the molecule is CC(C)CC1CC2C=CC1C2.CC(C)CC1CC2C=CC1C2.CC(C)CC1CC2C=CC1C2.CC(C)CC1CC2C=CC1C2.CC(C)CC1CC2C=CC1C2.CC(C)CC1CC2C=CC1C2. The summed E-state index contributed by atoms with van der Waals surface area (Å²) in [6, 6.07) is 0. The highest BCUT2D eigenvalue weighted by Gasteiger charge is 2.39. The second kappa shape index (κ2) is 24.5. The van der Waals surface area contributed by atoms with E-state index in [4.69, 9.17) is 0 Å². The van der Waals surface area contributed by atoms with Crippen molar-refractivity contribution in [2.75, 3.05) is 0 Å². The fourth-order valence-electron chi connectivity index (χ4n) is 16.6. The van der Waals surface area contributed by atoms with E-state index < -0.39 is 0 Å². The second-order valence-electron chi connectivity index (χ2n) is 28.0. The minimum atomic E-state index is 0.896. The lowest BCUT2D eigenvalue weighted by Crippen LogP contribution is -2.09. The van der Waals surface area contributed by atoms with Gasteiger partial charge in [0.25, 0.3) is 0 Å². The Labute approximate surface area is 411 Å². The molecule has 12 bridgehead atoms. The molecule has 12 aliphatic rings. The molecule has 0 aromatic heterocycles. The highest BCUT2D eigenvalue weighted by molar-refractivity contribution is 5.14. The highest BCUT2D eigenvalue weighted by Crippen LogP contribution is 2.50. The lowest BCUT2D eigenvalue weighted by atomic mass is 9.86. The van der Waals surface area contributed by atoms with Gasteiger partial charge in [-0.05, 0) is 258 Å². The number of hydrogen-bond acceptors (Lipinski definition) is 0. The molecule has 0 aromatic rings. The van der Waals surface area contributed by atoms with Crippen LogP contribution < -0.4 is 0 Å². The number of rotatable bonds is 12. The van der Waals surface area contributed by atoms with E-state index in [2.05, 4.69) is 156 Å². The minimum absolute atomic E-state index is 0.896. The first kappa shape index (κ1) is 52.3. The minimum Gasteiger partial charge on any atom is -0.0851 e. The van der Waals surface area contributed by atoms with E-state index >= 15 is 0 Å². The van der Waals surface area contributed by atoms with Crippen LogP contribution >= 0.6 is 0 Å². The molecule has 372 valence electrons. The van der Waals surface area contributed by atoms with Gasteiger partial charge in [-0.15, -0.1) is 0 Å². The maximum Gasteiger partial charge on any atom is -0.0199 e. The fourth-order valence-corrected chi connectivity index (χ4v) is 16.6. The van der Waals surface area contributed by atoms with E-state index in [1.165, 1.54) is 116 Å². The lowest BCUT2D eigenvalue weighted by molar-refractivity contribution is 0.359. The Balaban J connectivity index is 0.000000118. The fraction of sp³-hybridized carbons (Fsp3) is 0.818. The lowest BCUT2D eigenvalue weighted by Gasteiger charge is -2.19. The van der Waals surface area contributed by atoms with E-state index in [9.17, 15) is 0 Å². The van der Waals surface area contributed by atoms with Gasteiger partial charge in [0.2, 0.25) is 0 Å². The van der Waals surface area contributed by atoms with Gasteiger partial charge >= 0.3 is 0 Å². The molecule has 6 saturated carbocycles. The van der Waals surface area contributed by atoms with Gasteiger partial charge in [0.05, 0.1) is 0 Å². The Hall–Kier alpha value is -1.56. The predicted octanol–water partition coefficient (Wildman–Crippen LogP) is 19.5. The Kier molecular flexibility index (Phi) is 19.4. The zero-order valence-electron chi connectivity index (χ0n) is 45.5. The smallest absolute Gasteiger partial charge is 0.0199 e. The molecule has 18 atom stereocenters. The summed E-state index contributed by atoms with van der Waals surface area (Å²) in [6.45, 7) is 28.1. The summed E-state index contributed by atoms with van der Waals surface area (Å²) in [5.41, 5.74) is 0. The van der Waals surface area contributed by atoms with Gasteiger partial charge in [-0.2, -0.15) is 0 Å². The largest absolute Gasteiger partial charge is 0.0851 e. The molecule has 0 radical (unpaired) electrons. The van der Waals surface area contributed by atoms with Crippen LogP contribution in [-0.4, -0.2) is 0 Å². The Bertz CT molecular complexity index is 1310. The van der Waals surface area contributed by atoms with E-state index in [1.807, 2.05) is 0 Å². The van der Waals surface area contributed by atoms with Crippen LogP contribution in [0.15, 0.2) is 72.9 Å². The van der Waals surface area contributed by atoms with Crippen molar-refractivity contribution in [2.45, 2.75) is 199 Å². The Morgan fingerprint density at radius 1 is 0.212 bits per heavy atom. The molecule has 0 saturated heterocycles. The summed E-state index contributed by atoms with van der Waals surface area (Å²) in [5, 5.41) is 0. The van der Waals surface area contributed by atoms with E-state index in [0.717, 1.165) is 142 Å². The summed E-state index contributed by atoms with van der Waals surface area (Å²) in [6.07, 6.45) is 55.8. The van der Waals surface area contributed by atoms with Crippen molar-refractivity contribution in [1.82, 2.24) is 0 Å². The van der Waals surface area contributed by atoms with Crippen LogP contribution in [0.25, 0.3) is 0 Å². The molecule has 18 unspecified atom stereocenters. The summed E-state index contributed by atoms with van der Waals surface area (Å²) in [7, 11) is 0. The molecule has 0 nitrogen and oxygen atoms in total. The standard InChI is InChI=1S/6C11H18/c6*1-8(2)5-11-7-9-3-4-10(11)6-9/h6*3-4,8-11H,5-7H2,1-2H3. The molecule has 0 aliphatic heterocycles. The van der Waals surface area contributed by atoms with Gasteiger partial charge < -0.3 is 0 Å². The molecule has 12 rings (SSSR count). The van der Waals surface area contributed by atoms with Crippen LogP contribution in [0, 0.1) is 142 Å². The number of hydrogen-bond donors (Lipinski definition) is 0. The maximum atomic E-state index is 2.46. The van der Waals surface area contributed by atoms with Crippen molar-refractivity contribution < 1.29 is 0 Å². The first-order valence-electron chi connectivity index (χ1n) is 29.6. The van der Waals surface area contributed by atoms with Gasteiger partial charge in [-0.3, -0.25) is 0 Å². The zero-order valence-corrected chi connectivity index (χ0v) is 45.5. The van der Waals surface area contributed by atoms with E-state index in [0.29, 0.717) is 0 Å². The molecule has 12 aliphatic carbocycles.